The van der Waals surface area contributed by atoms with Crippen LogP contribution in [0.1, 0.15) is 22.1 Å². The predicted octanol–water partition coefficient (Wildman–Crippen LogP) is 4.05. The highest BCUT2D eigenvalue weighted by Crippen LogP contribution is 2.67. The molecular formula is C25H23N3O4S3. The zero-order chi connectivity index (χ0) is 24.5. The average molecular weight is 526 g/mol. The van der Waals surface area contributed by atoms with Gasteiger partial charge in [0.1, 0.15) is 20.6 Å². The summed E-state index contributed by atoms with van der Waals surface area (Å²) in [4.78, 5) is 35.4. The molecule has 0 radical (unpaired) electrons. The summed E-state index contributed by atoms with van der Waals surface area (Å²) in [5.41, 5.74) is 0.302. The number of hydrogen-bond acceptors (Lipinski definition) is 8. The van der Waals surface area contributed by atoms with Crippen LogP contribution in [0.15, 0.2) is 58.5 Å². The van der Waals surface area contributed by atoms with E-state index >= 15 is 0 Å². The Kier molecular flexibility index (Phi) is 5.16. The molecule has 3 aliphatic rings. The molecule has 3 aliphatic heterocycles. The molecule has 3 atom stereocenters. The van der Waals surface area contributed by atoms with Crippen molar-refractivity contribution in [3.8, 4) is 5.75 Å². The summed E-state index contributed by atoms with van der Waals surface area (Å²) in [6.07, 6.45) is 1.58. The van der Waals surface area contributed by atoms with Crippen LogP contribution in [0, 0.1) is 0 Å². The molecule has 0 saturated carbocycles. The zero-order valence-electron chi connectivity index (χ0n) is 19.4. The Morgan fingerprint density at radius 2 is 2.00 bits per heavy atom. The summed E-state index contributed by atoms with van der Waals surface area (Å²) < 4.78 is 10.4. The van der Waals surface area contributed by atoms with Crippen LogP contribution in [0.2, 0.25) is 0 Å². The molecule has 5 heterocycles. The van der Waals surface area contributed by atoms with Crippen LogP contribution in [-0.2, 0) is 21.7 Å². The van der Waals surface area contributed by atoms with E-state index in [1.54, 1.807) is 47.6 Å². The lowest BCUT2D eigenvalue weighted by molar-refractivity contribution is -0.139. The SMILES string of the molecule is COc1ccc2c(c1)[C@]1(C(=O)N2C)N(C)C[C@H](c2cccs2)[C@@]12SC(=S)N(Cc1ccco1)C2=O. The molecular weight excluding hydrogens is 502 g/mol. The highest BCUT2D eigenvalue weighted by Gasteiger charge is 2.78. The number of rotatable bonds is 4. The molecule has 7 nitrogen and oxygen atoms in total. The monoisotopic (exact) mass is 525 g/mol. The Hall–Kier alpha value is -2.66. The first-order valence-corrected chi connectivity index (χ1v) is 13.2. The van der Waals surface area contributed by atoms with Crippen LogP contribution >= 0.6 is 35.3 Å². The predicted molar refractivity (Wildman–Crippen MR) is 140 cm³/mol. The second kappa shape index (κ2) is 7.92. The number of likely N-dealkylation sites (tertiary alicyclic amines) is 1. The largest absolute Gasteiger partial charge is 0.497 e. The molecule has 2 aromatic heterocycles. The third kappa shape index (κ3) is 2.79. The van der Waals surface area contributed by atoms with E-state index < -0.39 is 10.3 Å². The van der Waals surface area contributed by atoms with Gasteiger partial charge in [-0.05, 0) is 48.8 Å². The number of furan rings is 1. The van der Waals surface area contributed by atoms with Gasteiger partial charge in [-0.1, -0.05) is 30.0 Å². The van der Waals surface area contributed by atoms with Crippen molar-refractivity contribution in [1.29, 1.82) is 0 Å². The molecule has 6 rings (SSSR count). The number of thiocarbonyl (C=S) groups is 1. The van der Waals surface area contributed by atoms with Crippen LogP contribution in [0.3, 0.4) is 0 Å². The van der Waals surface area contributed by atoms with Crippen molar-refractivity contribution < 1.29 is 18.7 Å². The molecule has 0 N–H and O–H groups in total. The fourth-order valence-corrected chi connectivity index (χ4v) is 9.02. The Balaban J connectivity index is 1.61. The van der Waals surface area contributed by atoms with E-state index in [1.807, 2.05) is 53.7 Å². The van der Waals surface area contributed by atoms with Gasteiger partial charge in [0.2, 0.25) is 5.91 Å². The lowest BCUT2D eigenvalue weighted by Gasteiger charge is -2.42. The number of thiophene rings is 1. The van der Waals surface area contributed by atoms with Crippen molar-refractivity contribution in [1.82, 2.24) is 9.80 Å². The van der Waals surface area contributed by atoms with E-state index in [0.29, 0.717) is 22.4 Å². The standard InChI is InChI=1S/C25H23N3O4S3/c1-26-14-18(20-7-5-11-34-20)25(22(30)28(23(33)35-25)13-16-6-4-10-32-16)24(26)17-12-15(31-3)8-9-19(17)27(2)21(24)29/h4-12,18H,13-14H2,1-3H3/t18-,24-,25+/m1/s1. The molecule has 0 unspecified atom stereocenters. The molecule has 0 bridgehead atoms. The van der Waals surface area contributed by atoms with Crippen LogP contribution in [-0.4, -0.2) is 58.4 Å². The van der Waals surface area contributed by atoms with Crippen molar-refractivity contribution >= 4 is 57.1 Å². The third-order valence-corrected chi connectivity index (χ3v) is 10.4. The first kappa shape index (κ1) is 22.8. The quantitative estimate of drug-likeness (QED) is 0.476. The van der Waals surface area contributed by atoms with E-state index in [0.717, 1.165) is 16.1 Å². The molecule has 2 amide bonds. The van der Waals surface area contributed by atoms with Gasteiger partial charge >= 0.3 is 0 Å². The van der Waals surface area contributed by atoms with Gasteiger partial charge in [-0.25, -0.2) is 0 Å². The molecule has 35 heavy (non-hydrogen) atoms. The van der Waals surface area contributed by atoms with Gasteiger partial charge in [0.15, 0.2) is 5.54 Å². The van der Waals surface area contributed by atoms with E-state index in [-0.39, 0.29) is 24.3 Å². The fourth-order valence-electron chi connectivity index (χ4n) is 5.94. The lowest BCUT2D eigenvalue weighted by Crippen LogP contribution is -2.62. The number of fused-ring (bicyclic) bond motifs is 3. The molecule has 0 aliphatic carbocycles. The van der Waals surface area contributed by atoms with E-state index in [4.69, 9.17) is 21.4 Å². The maximum atomic E-state index is 14.6. The minimum Gasteiger partial charge on any atom is -0.497 e. The number of carbonyl (C=O) groups excluding carboxylic acids is 2. The van der Waals surface area contributed by atoms with E-state index in [1.165, 1.54) is 11.8 Å². The minimum atomic E-state index is -1.25. The second-order valence-electron chi connectivity index (χ2n) is 8.98. The number of hydrogen-bond donors (Lipinski definition) is 0. The van der Waals surface area contributed by atoms with Gasteiger partial charge in [-0.3, -0.25) is 19.4 Å². The third-order valence-electron chi connectivity index (χ3n) is 7.44. The van der Waals surface area contributed by atoms with Gasteiger partial charge in [0, 0.05) is 35.6 Å². The first-order chi connectivity index (χ1) is 16.9. The van der Waals surface area contributed by atoms with Gasteiger partial charge in [0.25, 0.3) is 5.91 Å². The van der Waals surface area contributed by atoms with Gasteiger partial charge in [0.05, 0.1) is 19.9 Å². The summed E-state index contributed by atoms with van der Waals surface area (Å²) >= 11 is 8.77. The molecule has 2 fully saturated rings. The maximum absolute atomic E-state index is 14.6. The van der Waals surface area contributed by atoms with Crippen molar-refractivity contribution in [2.24, 2.45) is 0 Å². The summed E-state index contributed by atoms with van der Waals surface area (Å²) in [5.74, 6) is 0.747. The Morgan fingerprint density at radius 1 is 1.17 bits per heavy atom. The number of carbonyl (C=O) groups is 2. The minimum absolute atomic E-state index is 0.134. The summed E-state index contributed by atoms with van der Waals surface area (Å²) in [5, 5.41) is 2.01. The van der Waals surface area contributed by atoms with Crippen LogP contribution in [0.5, 0.6) is 5.75 Å². The molecule has 2 spiro atoms. The van der Waals surface area contributed by atoms with Gasteiger partial charge < -0.3 is 14.1 Å². The number of methoxy groups -OCH3 is 1. The normalized spacial score (nSPS) is 28.2. The Bertz CT molecular complexity index is 1340. The number of nitrogens with zero attached hydrogens (tertiary/aromatic N) is 3. The van der Waals surface area contributed by atoms with Crippen LogP contribution in [0.25, 0.3) is 0 Å². The number of likely N-dealkylation sites (N-methyl/N-ethyl adjacent to an activating group) is 2. The van der Waals surface area contributed by atoms with E-state index in [2.05, 4.69) is 0 Å². The fraction of sp³-hybridized carbons (Fsp3) is 0.320. The number of thioether (sulfide) groups is 1. The summed E-state index contributed by atoms with van der Waals surface area (Å²) in [6.45, 7) is 0.762. The van der Waals surface area contributed by atoms with Crippen molar-refractivity contribution in [2.45, 2.75) is 22.7 Å². The number of ether oxygens (including phenoxy) is 1. The van der Waals surface area contributed by atoms with Gasteiger partial charge in [-0.15, -0.1) is 11.3 Å². The Labute approximate surface area is 216 Å². The van der Waals surface area contributed by atoms with Gasteiger partial charge in [-0.2, -0.15) is 0 Å². The zero-order valence-corrected chi connectivity index (χ0v) is 21.8. The molecule has 1 aromatic carbocycles. The molecule has 180 valence electrons. The lowest BCUT2D eigenvalue weighted by atomic mass is 9.73. The van der Waals surface area contributed by atoms with Crippen LogP contribution < -0.4 is 9.64 Å². The molecule has 10 heteroatoms. The first-order valence-electron chi connectivity index (χ1n) is 11.1. The van der Waals surface area contributed by atoms with Crippen molar-refractivity contribution in [2.75, 3.05) is 32.6 Å². The second-order valence-corrected chi connectivity index (χ2v) is 11.8. The van der Waals surface area contributed by atoms with Crippen molar-refractivity contribution in [3.63, 3.8) is 0 Å². The molecule has 2 saturated heterocycles. The topological polar surface area (TPSA) is 66.2 Å². The highest BCUT2D eigenvalue weighted by molar-refractivity contribution is 8.25. The summed E-state index contributed by atoms with van der Waals surface area (Å²) in [7, 11) is 5.31. The number of anilines is 1. The highest BCUT2D eigenvalue weighted by atomic mass is 32.2. The maximum Gasteiger partial charge on any atom is 0.254 e. The smallest absolute Gasteiger partial charge is 0.254 e. The molecule has 3 aromatic rings. The number of amides is 2. The average Bonchev–Trinajstić information content (AvgIpc) is 3.66. The summed E-state index contributed by atoms with van der Waals surface area (Å²) in [6, 6.07) is 13.3. The van der Waals surface area contributed by atoms with Crippen molar-refractivity contribution in [3.05, 3.63) is 70.3 Å². The van der Waals surface area contributed by atoms with Crippen LogP contribution in [0.4, 0.5) is 5.69 Å². The van der Waals surface area contributed by atoms with E-state index in [9.17, 15) is 9.59 Å². The Morgan fingerprint density at radius 3 is 2.69 bits per heavy atom. The number of benzene rings is 1.